The number of hydrogen-bond acceptors (Lipinski definition) is 6. The van der Waals surface area contributed by atoms with E-state index in [0.29, 0.717) is 36.6 Å². The molecule has 0 unspecified atom stereocenters. The maximum Gasteiger partial charge on any atom is 0.338 e. The van der Waals surface area contributed by atoms with Gasteiger partial charge in [-0.15, -0.1) is 10.2 Å². The van der Waals surface area contributed by atoms with Crippen LogP contribution >= 0.6 is 0 Å². The highest BCUT2D eigenvalue weighted by molar-refractivity contribution is 5.90. The maximum atomic E-state index is 12.1. The van der Waals surface area contributed by atoms with E-state index in [1.807, 2.05) is 30.3 Å². The molecule has 3 rings (SSSR count). The highest BCUT2D eigenvalue weighted by Gasteiger charge is 2.07. The molecule has 7 nitrogen and oxygen atoms in total. The molecule has 3 aromatic rings. The standard InChI is InChI=1S/C22H22N4O3/c1-2-29-22(28)17-9-11-18(12-10-17)23-19-13-14-20(26-25-19)24-21(27)15-8-16-6-4-3-5-7-16/h3-7,9-14H,2,8,15H2,1H3,(H,23,25)(H,24,26,27). The van der Waals surface area contributed by atoms with Crippen LogP contribution in [0.25, 0.3) is 0 Å². The van der Waals surface area contributed by atoms with Crippen LogP contribution in [0.4, 0.5) is 17.3 Å². The van der Waals surface area contributed by atoms with E-state index in [9.17, 15) is 9.59 Å². The number of esters is 1. The van der Waals surface area contributed by atoms with Gasteiger partial charge in [-0.25, -0.2) is 4.79 Å². The van der Waals surface area contributed by atoms with E-state index in [2.05, 4.69) is 20.8 Å². The second kappa shape index (κ2) is 9.98. The van der Waals surface area contributed by atoms with Crippen molar-refractivity contribution >= 4 is 29.2 Å². The largest absolute Gasteiger partial charge is 0.462 e. The quantitative estimate of drug-likeness (QED) is 0.566. The number of nitrogens with zero attached hydrogens (tertiary/aromatic N) is 2. The number of carbonyl (C=O) groups is 2. The molecular weight excluding hydrogens is 368 g/mol. The molecule has 1 aromatic heterocycles. The molecule has 2 aromatic carbocycles. The van der Waals surface area contributed by atoms with Gasteiger partial charge in [-0.1, -0.05) is 30.3 Å². The molecule has 1 heterocycles. The number of benzene rings is 2. The molecule has 148 valence electrons. The lowest BCUT2D eigenvalue weighted by Gasteiger charge is -2.08. The predicted octanol–water partition coefficient (Wildman–Crippen LogP) is 3.97. The summed E-state index contributed by atoms with van der Waals surface area (Å²) in [6.45, 7) is 2.10. The van der Waals surface area contributed by atoms with Gasteiger partial charge >= 0.3 is 5.97 Å². The van der Waals surface area contributed by atoms with Gasteiger partial charge < -0.3 is 15.4 Å². The van der Waals surface area contributed by atoms with Crippen molar-refractivity contribution in [3.63, 3.8) is 0 Å². The highest BCUT2D eigenvalue weighted by Crippen LogP contribution is 2.16. The summed E-state index contributed by atoms with van der Waals surface area (Å²) in [6, 6.07) is 20.1. The summed E-state index contributed by atoms with van der Waals surface area (Å²) in [5.41, 5.74) is 2.35. The van der Waals surface area contributed by atoms with E-state index in [1.54, 1.807) is 43.3 Å². The van der Waals surface area contributed by atoms with E-state index < -0.39 is 0 Å². The van der Waals surface area contributed by atoms with Crippen molar-refractivity contribution < 1.29 is 14.3 Å². The third kappa shape index (κ3) is 6.14. The number of aromatic nitrogens is 2. The first-order chi connectivity index (χ1) is 14.1. The number of rotatable bonds is 8. The van der Waals surface area contributed by atoms with Crippen LogP contribution < -0.4 is 10.6 Å². The Morgan fingerprint density at radius 1 is 0.897 bits per heavy atom. The Kier molecular flexibility index (Phi) is 6.89. The van der Waals surface area contributed by atoms with Gasteiger partial charge in [-0.05, 0) is 55.3 Å². The Bertz CT molecular complexity index is 942. The Labute approximate surface area is 169 Å². The van der Waals surface area contributed by atoms with Crippen LogP contribution in [0.2, 0.25) is 0 Å². The Hall–Kier alpha value is -3.74. The van der Waals surface area contributed by atoms with Gasteiger partial charge in [0.05, 0.1) is 12.2 Å². The van der Waals surface area contributed by atoms with E-state index in [4.69, 9.17) is 4.74 Å². The van der Waals surface area contributed by atoms with Gasteiger partial charge in [-0.2, -0.15) is 0 Å². The van der Waals surface area contributed by atoms with E-state index in [1.165, 1.54) is 0 Å². The first kappa shape index (κ1) is 20.0. The summed E-state index contributed by atoms with van der Waals surface area (Å²) in [4.78, 5) is 23.7. The summed E-state index contributed by atoms with van der Waals surface area (Å²) in [5, 5.41) is 13.9. The molecule has 7 heteroatoms. The summed E-state index contributed by atoms with van der Waals surface area (Å²) >= 11 is 0. The molecule has 0 aliphatic heterocycles. The Morgan fingerprint density at radius 3 is 2.24 bits per heavy atom. The van der Waals surface area contributed by atoms with E-state index >= 15 is 0 Å². The lowest BCUT2D eigenvalue weighted by atomic mass is 10.1. The average molecular weight is 390 g/mol. The third-order valence-corrected chi connectivity index (χ3v) is 4.08. The highest BCUT2D eigenvalue weighted by atomic mass is 16.5. The van der Waals surface area contributed by atoms with Crippen LogP contribution in [0.3, 0.4) is 0 Å². The topological polar surface area (TPSA) is 93.2 Å². The molecule has 2 N–H and O–H groups in total. The third-order valence-electron chi connectivity index (χ3n) is 4.08. The molecule has 0 spiro atoms. The summed E-state index contributed by atoms with van der Waals surface area (Å²) in [7, 11) is 0. The van der Waals surface area contributed by atoms with Crippen molar-refractivity contribution in [1.82, 2.24) is 10.2 Å². The first-order valence-corrected chi connectivity index (χ1v) is 9.36. The minimum absolute atomic E-state index is 0.113. The lowest BCUT2D eigenvalue weighted by Crippen LogP contribution is -2.14. The number of aryl methyl sites for hydroxylation is 1. The van der Waals surface area contributed by atoms with Gasteiger partial charge in [0, 0.05) is 12.1 Å². The molecule has 0 aliphatic carbocycles. The van der Waals surface area contributed by atoms with Crippen LogP contribution in [0.15, 0.2) is 66.7 Å². The fourth-order valence-corrected chi connectivity index (χ4v) is 2.63. The predicted molar refractivity (Wildman–Crippen MR) is 111 cm³/mol. The molecule has 29 heavy (non-hydrogen) atoms. The SMILES string of the molecule is CCOC(=O)c1ccc(Nc2ccc(NC(=O)CCc3ccccc3)nn2)cc1. The molecule has 0 saturated heterocycles. The average Bonchev–Trinajstić information content (AvgIpc) is 2.75. The molecule has 0 bridgehead atoms. The zero-order valence-electron chi connectivity index (χ0n) is 16.1. The summed E-state index contributed by atoms with van der Waals surface area (Å²) < 4.78 is 4.96. The molecule has 0 saturated carbocycles. The van der Waals surface area contributed by atoms with Crippen molar-refractivity contribution in [2.75, 3.05) is 17.2 Å². The lowest BCUT2D eigenvalue weighted by molar-refractivity contribution is -0.116. The number of ether oxygens (including phenoxy) is 1. The summed E-state index contributed by atoms with van der Waals surface area (Å²) in [5.74, 6) is 0.451. The second-order valence-corrected chi connectivity index (χ2v) is 6.26. The fourth-order valence-electron chi connectivity index (χ4n) is 2.63. The van der Waals surface area contributed by atoms with Crippen molar-refractivity contribution in [3.05, 3.63) is 77.9 Å². The maximum absolute atomic E-state index is 12.1. The first-order valence-electron chi connectivity index (χ1n) is 9.36. The van der Waals surface area contributed by atoms with Crippen molar-refractivity contribution in [1.29, 1.82) is 0 Å². The minimum atomic E-state index is -0.355. The van der Waals surface area contributed by atoms with Gasteiger partial charge in [0.2, 0.25) is 5.91 Å². The molecule has 0 aliphatic rings. The Morgan fingerprint density at radius 2 is 1.59 bits per heavy atom. The molecule has 0 radical (unpaired) electrons. The van der Waals surface area contributed by atoms with Crippen molar-refractivity contribution in [2.45, 2.75) is 19.8 Å². The number of carbonyl (C=O) groups excluding carboxylic acids is 2. The van der Waals surface area contributed by atoms with Crippen molar-refractivity contribution in [2.24, 2.45) is 0 Å². The second-order valence-electron chi connectivity index (χ2n) is 6.26. The zero-order chi connectivity index (χ0) is 20.5. The number of anilines is 3. The van der Waals surface area contributed by atoms with E-state index in [-0.39, 0.29) is 11.9 Å². The van der Waals surface area contributed by atoms with Gasteiger partial charge in [0.15, 0.2) is 11.6 Å². The van der Waals surface area contributed by atoms with Crippen LogP contribution in [0.5, 0.6) is 0 Å². The zero-order valence-corrected chi connectivity index (χ0v) is 16.1. The van der Waals surface area contributed by atoms with Gasteiger partial charge in [-0.3, -0.25) is 4.79 Å². The fraction of sp³-hybridized carbons (Fsp3) is 0.182. The minimum Gasteiger partial charge on any atom is -0.462 e. The number of nitrogens with one attached hydrogen (secondary N) is 2. The normalized spacial score (nSPS) is 10.2. The molecule has 0 fully saturated rings. The number of amides is 1. The number of hydrogen-bond donors (Lipinski definition) is 2. The summed E-state index contributed by atoms with van der Waals surface area (Å²) in [6.07, 6.45) is 1.04. The van der Waals surface area contributed by atoms with Crippen LogP contribution in [0.1, 0.15) is 29.3 Å². The van der Waals surface area contributed by atoms with E-state index in [0.717, 1.165) is 11.3 Å². The van der Waals surface area contributed by atoms with Gasteiger partial charge in [0.1, 0.15) is 0 Å². The van der Waals surface area contributed by atoms with Crippen LogP contribution in [-0.4, -0.2) is 28.7 Å². The Balaban J connectivity index is 1.50. The monoisotopic (exact) mass is 390 g/mol. The molecule has 0 atom stereocenters. The van der Waals surface area contributed by atoms with Crippen molar-refractivity contribution in [3.8, 4) is 0 Å². The van der Waals surface area contributed by atoms with Crippen LogP contribution in [-0.2, 0) is 16.0 Å². The van der Waals surface area contributed by atoms with Crippen LogP contribution in [0, 0.1) is 0 Å². The molecule has 1 amide bonds. The molecular formula is C22H22N4O3. The van der Waals surface area contributed by atoms with Gasteiger partial charge in [0.25, 0.3) is 0 Å². The smallest absolute Gasteiger partial charge is 0.338 e.